The van der Waals surface area contributed by atoms with E-state index in [1.807, 2.05) is 11.8 Å². The molecule has 7 heteroatoms. The number of rotatable bonds is 6. The maximum absolute atomic E-state index is 7.40. The standard InChI is InChI=1S/C64H48B2N2O2S/c1-4-16-43(17-5-1)44-31-58-63-59(32-44)70-57-36-54-51(35-52(57)65(63)49-23-11-14-26-56(49)69-58)66-50-24-12-15-27-60(50)71-61-34-47(67(45-18-6-2-7-19-45)46-20-8-3-9-21-46)33-55(62(61)66)68(54)53-25-13-10-22-48(53)64-37-40-28-41(38-64)30-42(29-40)39-64/h1-27,31-36,40-42H,28-30,37-39H2. The molecule has 0 radical (unpaired) electrons. The summed E-state index contributed by atoms with van der Waals surface area (Å²) in [6.45, 7) is -0.0774. The van der Waals surface area contributed by atoms with Gasteiger partial charge in [-0.1, -0.05) is 145 Å². The number of hydrogen-bond acceptors (Lipinski definition) is 5. The molecule has 9 aromatic rings. The van der Waals surface area contributed by atoms with Gasteiger partial charge in [-0.25, -0.2) is 0 Å². The Morgan fingerprint density at radius 3 is 1.73 bits per heavy atom. The molecule has 0 atom stereocenters. The molecule has 338 valence electrons. The SMILES string of the molecule is c1ccc(-c2cc3c4c(c2)Oc2cc5c(cc2B4c2ccccc2O3)B2c3ccccc3Sc3cc(N(c4ccccc4)c4ccccc4)cc(c32)N5c2ccccc2C23CC4CC(CC(C4)C2)C3)cc1. The molecule has 4 bridgehead atoms. The summed E-state index contributed by atoms with van der Waals surface area (Å²) in [5.74, 6) is 5.97. The van der Waals surface area contributed by atoms with Gasteiger partial charge < -0.3 is 19.3 Å². The number of para-hydroxylation sites is 4. The fourth-order valence-electron chi connectivity index (χ4n) is 15.0. The molecule has 0 saturated heterocycles. The fraction of sp³-hybridized carbons (Fsp3) is 0.156. The Morgan fingerprint density at radius 2 is 1.01 bits per heavy atom. The maximum Gasteiger partial charge on any atom is 0.260 e. The van der Waals surface area contributed by atoms with Crippen molar-refractivity contribution in [2.24, 2.45) is 17.8 Å². The predicted octanol–water partition coefficient (Wildman–Crippen LogP) is 12.8. The molecule has 0 spiro atoms. The molecule has 4 heterocycles. The smallest absolute Gasteiger partial charge is 0.260 e. The van der Waals surface area contributed by atoms with Crippen LogP contribution in [0.15, 0.2) is 210 Å². The first-order valence-electron chi connectivity index (χ1n) is 25.7. The monoisotopic (exact) mass is 930 g/mol. The molecule has 4 aliphatic carbocycles. The van der Waals surface area contributed by atoms with Crippen molar-refractivity contribution in [3.05, 3.63) is 206 Å². The normalized spacial score (nSPS) is 20.9. The van der Waals surface area contributed by atoms with E-state index in [1.165, 1.54) is 98.3 Å². The second-order valence-corrected chi connectivity index (χ2v) is 22.5. The molecular formula is C64H48B2N2O2S. The molecule has 4 saturated carbocycles. The number of benzene rings is 9. The van der Waals surface area contributed by atoms with Crippen LogP contribution in [-0.2, 0) is 5.41 Å². The summed E-state index contributed by atoms with van der Waals surface area (Å²) in [6.07, 6.45) is 8.08. The van der Waals surface area contributed by atoms with Gasteiger partial charge >= 0.3 is 0 Å². The minimum Gasteiger partial charge on any atom is -0.458 e. The van der Waals surface area contributed by atoms with Gasteiger partial charge in [0.2, 0.25) is 6.71 Å². The molecule has 17 rings (SSSR count). The Bertz CT molecular complexity index is 3580. The lowest BCUT2D eigenvalue weighted by molar-refractivity contribution is -0.00491. The molecule has 0 N–H and O–H groups in total. The van der Waals surface area contributed by atoms with Crippen LogP contribution in [0, 0.1) is 17.8 Å². The molecule has 0 amide bonds. The lowest BCUT2D eigenvalue weighted by atomic mass is 9.31. The van der Waals surface area contributed by atoms with Gasteiger partial charge in [0.05, 0.1) is 0 Å². The van der Waals surface area contributed by atoms with Crippen LogP contribution in [0.2, 0.25) is 0 Å². The third-order valence-electron chi connectivity index (χ3n) is 17.3. The zero-order valence-corrected chi connectivity index (χ0v) is 40.1. The first-order valence-corrected chi connectivity index (χ1v) is 26.5. The second kappa shape index (κ2) is 15.3. The topological polar surface area (TPSA) is 24.9 Å². The third kappa shape index (κ3) is 6.08. The predicted molar refractivity (Wildman–Crippen MR) is 294 cm³/mol. The van der Waals surface area contributed by atoms with Crippen molar-refractivity contribution in [2.75, 3.05) is 9.80 Å². The first kappa shape index (κ1) is 40.4. The fourth-order valence-corrected chi connectivity index (χ4v) is 16.2. The van der Waals surface area contributed by atoms with Crippen LogP contribution in [0.5, 0.6) is 23.0 Å². The lowest BCUT2D eigenvalue weighted by Crippen LogP contribution is -2.63. The van der Waals surface area contributed by atoms with Gasteiger partial charge in [0.25, 0.3) is 6.71 Å². The van der Waals surface area contributed by atoms with Gasteiger partial charge in [0.15, 0.2) is 0 Å². The Hall–Kier alpha value is -7.34. The van der Waals surface area contributed by atoms with Crippen LogP contribution in [0.4, 0.5) is 34.1 Å². The van der Waals surface area contributed by atoms with Crippen LogP contribution < -0.4 is 52.1 Å². The highest BCUT2D eigenvalue weighted by atomic mass is 32.2. The van der Waals surface area contributed by atoms with E-state index in [9.17, 15) is 0 Å². The minimum absolute atomic E-state index is 0.00642. The summed E-state index contributed by atoms with van der Waals surface area (Å²) in [5, 5.41) is 0. The minimum atomic E-state index is -0.0710. The molecule has 8 aliphatic rings. The lowest BCUT2D eigenvalue weighted by Gasteiger charge is -2.58. The van der Waals surface area contributed by atoms with Crippen LogP contribution in [0.3, 0.4) is 0 Å². The number of ether oxygens (including phenoxy) is 2. The van der Waals surface area contributed by atoms with Gasteiger partial charge in [-0.3, -0.25) is 0 Å². The Labute approximate surface area is 420 Å². The quantitative estimate of drug-likeness (QED) is 0.155. The number of hydrogen-bond donors (Lipinski definition) is 0. The Balaban J connectivity index is 0.981. The van der Waals surface area contributed by atoms with Crippen LogP contribution in [0.1, 0.15) is 44.1 Å². The van der Waals surface area contributed by atoms with Crippen molar-refractivity contribution in [3.63, 3.8) is 0 Å². The third-order valence-corrected chi connectivity index (χ3v) is 18.5. The number of nitrogens with zero attached hydrogens (tertiary/aromatic N) is 2. The van der Waals surface area contributed by atoms with E-state index in [2.05, 4.69) is 210 Å². The zero-order chi connectivity index (χ0) is 46.4. The van der Waals surface area contributed by atoms with Crippen molar-refractivity contribution in [1.82, 2.24) is 0 Å². The Kier molecular flexibility index (Phi) is 8.72. The number of anilines is 6. The van der Waals surface area contributed by atoms with Crippen LogP contribution in [0.25, 0.3) is 11.1 Å². The van der Waals surface area contributed by atoms with Gasteiger partial charge in [-0.15, -0.1) is 0 Å². The van der Waals surface area contributed by atoms with E-state index in [0.717, 1.165) is 74.4 Å². The molecule has 4 nitrogen and oxygen atoms in total. The molecule has 4 aliphatic heterocycles. The van der Waals surface area contributed by atoms with Crippen molar-refractivity contribution in [1.29, 1.82) is 0 Å². The highest BCUT2D eigenvalue weighted by molar-refractivity contribution is 8.00. The van der Waals surface area contributed by atoms with Crippen molar-refractivity contribution in [3.8, 4) is 34.1 Å². The summed E-state index contributed by atoms with van der Waals surface area (Å²) in [7, 11) is 0. The van der Waals surface area contributed by atoms with Crippen molar-refractivity contribution >= 4 is 92.1 Å². The van der Waals surface area contributed by atoms with E-state index in [0.29, 0.717) is 0 Å². The highest BCUT2D eigenvalue weighted by Crippen LogP contribution is 2.63. The molecule has 71 heavy (non-hydrogen) atoms. The highest BCUT2D eigenvalue weighted by Gasteiger charge is 2.53. The summed E-state index contributed by atoms with van der Waals surface area (Å²) in [6, 6.07) is 74.3. The van der Waals surface area contributed by atoms with Gasteiger partial charge in [0, 0.05) is 55.4 Å². The van der Waals surface area contributed by atoms with E-state index in [4.69, 9.17) is 9.47 Å². The molecule has 0 unspecified atom stereocenters. The van der Waals surface area contributed by atoms with Gasteiger partial charge in [0.1, 0.15) is 23.0 Å². The molecule has 0 aromatic heterocycles. The van der Waals surface area contributed by atoms with Gasteiger partial charge in [-0.2, -0.15) is 0 Å². The summed E-state index contributed by atoms with van der Waals surface area (Å²) < 4.78 is 14.3. The average Bonchev–Trinajstić information content (AvgIpc) is 3.41. The van der Waals surface area contributed by atoms with Gasteiger partial charge in [-0.05, 0) is 167 Å². The first-order chi connectivity index (χ1) is 35.1. The van der Waals surface area contributed by atoms with E-state index >= 15 is 0 Å². The summed E-state index contributed by atoms with van der Waals surface area (Å²) in [5.41, 5.74) is 18.6. The van der Waals surface area contributed by atoms with Crippen molar-refractivity contribution in [2.45, 2.75) is 53.7 Å². The second-order valence-electron chi connectivity index (χ2n) is 21.4. The van der Waals surface area contributed by atoms with Crippen LogP contribution >= 0.6 is 11.8 Å². The summed E-state index contributed by atoms with van der Waals surface area (Å²) >= 11 is 1.93. The molecule has 4 fully saturated rings. The number of fused-ring (bicyclic) bond motifs is 8. The van der Waals surface area contributed by atoms with Crippen LogP contribution in [-0.4, -0.2) is 13.4 Å². The molecule has 9 aromatic carbocycles. The molecular weight excluding hydrogens is 882 g/mol. The maximum atomic E-state index is 7.40. The van der Waals surface area contributed by atoms with E-state index in [-0.39, 0.29) is 18.8 Å². The largest absolute Gasteiger partial charge is 0.458 e. The average molecular weight is 931 g/mol. The zero-order valence-electron chi connectivity index (χ0n) is 39.3. The Morgan fingerprint density at radius 1 is 0.423 bits per heavy atom. The van der Waals surface area contributed by atoms with E-state index < -0.39 is 0 Å². The van der Waals surface area contributed by atoms with E-state index in [1.54, 1.807) is 0 Å². The summed E-state index contributed by atoms with van der Waals surface area (Å²) in [4.78, 5) is 7.75. The van der Waals surface area contributed by atoms with Crippen molar-refractivity contribution < 1.29 is 9.47 Å².